The van der Waals surface area contributed by atoms with Gasteiger partial charge in [0.1, 0.15) is 0 Å². The van der Waals surface area contributed by atoms with E-state index < -0.39 is 17.6 Å². The van der Waals surface area contributed by atoms with Gasteiger partial charge < -0.3 is 15.7 Å². The Kier molecular flexibility index (Phi) is 7.76. The van der Waals surface area contributed by atoms with Crippen molar-refractivity contribution in [3.05, 3.63) is 82.3 Å². The highest BCUT2D eigenvalue weighted by Crippen LogP contribution is 2.34. The van der Waals surface area contributed by atoms with Crippen molar-refractivity contribution in [2.24, 2.45) is 7.05 Å². The molecule has 9 nitrogen and oxygen atoms in total. The molecule has 0 radical (unpaired) electrons. The molecule has 1 amide bonds. The molecule has 0 fully saturated rings. The van der Waals surface area contributed by atoms with Gasteiger partial charge in [0, 0.05) is 55.9 Å². The lowest BCUT2D eigenvalue weighted by molar-refractivity contribution is -0.138. The van der Waals surface area contributed by atoms with E-state index in [-0.39, 0.29) is 30.9 Å². The van der Waals surface area contributed by atoms with Crippen LogP contribution in [-0.4, -0.2) is 46.1 Å². The fraction of sp³-hybridized carbons (Fsp3) is 0.308. The average molecular weight is 530 g/mol. The van der Waals surface area contributed by atoms with E-state index in [0.29, 0.717) is 5.56 Å². The molecule has 0 spiro atoms. The highest BCUT2D eigenvalue weighted by molar-refractivity contribution is 6.05. The molecule has 2 aromatic carbocycles. The second-order valence-corrected chi connectivity index (χ2v) is 9.02. The van der Waals surface area contributed by atoms with Crippen LogP contribution in [0.15, 0.2) is 48.8 Å². The maximum atomic E-state index is 13.7. The van der Waals surface area contributed by atoms with Gasteiger partial charge >= 0.3 is 6.18 Å². The molecule has 4 N–H and O–H groups in total. The van der Waals surface area contributed by atoms with Crippen LogP contribution in [-0.2, 0) is 19.8 Å². The monoisotopic (exact) mass is 529 g/mol. The van der Waals surface area contributed by atoms with Crippen molar-refractivity contribution < 1.29 is 23.1 Å². The number of anilines is 2. The number of benzene rings is 2. The number of aliphatic hydroxyl groups is 1. The van der Waals surface area contributed by atoms with Gasteiger partial charge in [-0.15, -0.1) is 5.12 Å². The third-order valence-corrected chi connectivity index (χ3v) is 6.38. The number of carbonyl (C=O) groups is 1. The number of hydrogen-bond donors (Lipinski definition) is 4. The maximum Gasteiger partial charge on any atom is 0.416 e. The molecule has 38 heavy (non-hydrogen) atoms. The number of rotatable bonds is 8. The largest absolute Gasteiger partial charge is 0.416 e. The van der Waals surface area contributed by atoms with Gasteiger partial charge in [-0.05, 0) is 49.2 Å². The zero-order valence-corrected chi connectivity index (χ0v) is 21.5. The Morgan fingerprint density at radius 3 is 2.55 bits per heavy atom. The standard InChI is InChI=1S/C26H30F3N7O2/c1-16-5-6-18(11-24(16)36-15-23(33-35(36)4)21-14-31-34(3)17(21)2)25(38)32-20-8-7-19(13-30-9-10-37)22(12-20)26(27,28)29/h5-8,11-12,14-15,30,33,37H,9-10,13H2,1-4H3,(H,32,38). The fourth-order valence-electron chi connectivity index (χ4n) is 4.17. The van der Waals surface area contributed by atoms with Gasteiger partial charge in [-0.3, -0.25) is 19.9 Å². The van der Waals surface area contributed by atoms with E-state index in [1.54, 1.807) is 34.2 Å². The molecule has 1 aliphatic rings. The van der Waals surface area contributed by atoms with Crippen molar-refractivity contribution in [2.45, 2.75) is 26.6 Å². The number of alkyl halides is 3. The van der Waals surface area contributed by atoms with Gasteiger partial charge in [0.05, 0.1) is 29.8 Å². The minimum atomic E-state index is -4.60. The normalized spacial score (nSPS) is 14.0. The zero-order valence-electron chi connectivity index (χ0n) is 21.5. The van der Waals surface area contributed by atoms with Gasteiger partial charge in [0.2, 0.25) is 0 Å². The predicted octanol–water partition coefficient (Wildman–Crippen LogP) is 3.56. The average Bonchev–Trinajstić information content (AvgIpc) is 3.41. The summed E-state index contributed by atoms with van der Waals surface area (Å²) in [6.07, 6.45) is -0.934. The van der Waals surface area contributed by atoms with E-state index in [4.69, 9.17) is 5.11 Å². The molecule has 0 saturated carbocycles. The molecular weight excluding hydrogens is 499 g/mol. The Balaban J connectivity index is 1.58. The summed E-state index contributed by atoms with van der Waals surface area (Å²) >= 11 is 0. The molecule has 0 bridgehead atoms. The molecule has 1 aliphatic heterocycles. The smallest absolute Gasteiger partial charge is 0.395 e. The lowest BCUT2D eigenvalue weighted by Gasteiger charge is -2.26. The van der Waals surface area contributed by atoms with Gasteiger partial charge in [-0.2, -0.15) is 18.3 Å². The number of aryl methyl sites for hydroxylation is 2. The summed E-state index contributed by atoms with van der Waals surface area (Å²) in [5.74, 6) is -0.535. The second-order valence-electron chi connectivity index (χ2n) is 9.02. The second kappa shape index (κ2) is 10.9. The highest BCUT2D eigenvalue weighted by atomic mass is 19.4. The molecular formula is C26H30F3N7O2. The van der Waals surface area contributed by atoms with E-state index in [1.807, 2.05) is 39.2 Å². The molecule has 1 aromatic heterocycles. The summed E-state index contributed by atoms with van der Waals surface area (Å²) in [6.45, 7) is 3.80. The summed E-state index contributed by atoms with van der Waals surface area (Å²) < 4.78 is 42.8. The Morgan fingerprint density at radius 2 is 1.89 bits per heavy atom. The number of amides is 1. The van der Waals surface area contributed by atoms with Crippen LogP contribution >= 0.6 is 0 Å². The maximum absolute atomic E-state index is 13.7. The van der Waals surface area contributed by atoms with Crippen molar-refractivity contribution in [1.82, 2.24) is 25.6 Å². The summed E-state index contributed by atoms with van der Waals surface area (Å²) in [6, 6.07) is 8.78. The molecule has 202 valence electrons. The molecule has 3 aromatic rings. The number of hydrazine groups is 2. The number of carbonyl (C=O) groups excluding carboxylic acids is 1. The zero-order chi connectivity index (χ0) is 27.6. The number of nitrogens with one attached hydrogen (secondary N) is 3. The third kappa shape index (κ3) is 5.67. The lowest BCUT2D eigenvalue weighted by atomic mass is 10.0. The van der Waals surface area contributed by atoms with Gasteiger partial charge in [-0.25, -0.2) is 0 Å². The Labute approximate surface area is 218 Å². The van der Waals surface area contributed by atoms with E-state index in [1.165, 1.54) is 12.1 Å². The SMILES string of the molecule is Cc1ccc(C(=O)Nc2ccc(CNCCO)c(C(F)(F)F)c2)cc1N1C=C(c2cnn(C)c2C)NN1C. The number of aromatic nitrogens is 2. The highest BCUT2D eigenvalue weighted by Gasteiger charge is 2.33. The van der Waals surface area contributed by atoms with Crippen LogP contribution < -0.4 is 21.1 Å². The first-order chi connectivity index (χ1) is 18.0. The van der Waals surface area contributed by atoms with Crippen LogP contribution in [0, 0.1) is 13.8 Å². The Bertz CT molecular complexity index is 1370. The van der Waals surface area contributed by atoms with Crippen LogP contribution in [0.25, 0.3) is 5.70 Å². The summed E-state index contributed by atoms with van der Waals surface area (Å²) in [7, 11) is 3.69. The number of nitrogens with zero attached hydrogens (tertiary/aromatic N) is 4. The summed E-state index contributed by atoms with van der Waals surface area (Å²) in [5.41, 5.74) is 7.15. The van der Waals surface area contributed by atoms with Gasteiger partial charge in [0.15, 0.2) is 0 Å². The van der Waals surface area contributed by atoms with Gasteiger partial charge in [-0.1, -0.05) is 12.1 Å². The van der Waals surface area contributed by atoms with E-state index in [9.17, 15) is 18.0 Å². The summed E-state index contributed by atoms with van der Waals surface area (Å²) in [5, 5.41) is 22.1. The molecule has 0 unspecified atom stereocenters. The van der Waals surface area contributed by atoms with Crippen LogP contribution in [0.5, 0.6) is 0 Å². The molecule has 4 rings (SSSR count). The van der Waals surface area contributed by atoms with E-state index in [2.05, 4.69) is 21.2 Å². The van der Waals surface area contributed by atoms with Gasteiger partial charge in [0.25, 0.3) is 5.91 Å². The number of hydrogen-bond acceptors (Lipinski definition) is 7. The topological polar surface area (TPSA) is 97.7 Å². The molecule has 0 atom stereocenters. The van der Waals surface area contributed by atoms with Crippen molar-refractivity contribution in [2.75, 3.05) is 30.5 Å². The Morgan fingerprint density at radius 1 is 1.13 bits per heavy atom. The number of halogens is 3. The molecule has 0 aliphatic carbocycles. The van der Waals surface area contributed by atoms with Crippen molar-refractivity contribution in [1.29, 1.82) is 0 Å². The lowest BCUT2D eigenvalue weighted by Crippen LogP contribution is -2.39. The van der Waals surface area contributed by atoms with Crippen LogP contribution in [0.2, 0.25) is 0 Å². The van der Waals surface area contributed by atoms with E-state index in [0.717, 1.165) is 34.3 Å². The molecule has 0 saturated heterocycles. The third-order valence-electron chi connectivity index (χ3n) is 6.38. The summed E-state index contributed by atoms with van der Waals surface area (Å²) in [4.78, 5) is 13.1. The van der Waals surface area contributed by atoms with Crippen LogP contribution in [0.1, 0.15) is 38.3 Å². The van der Waals surface area contributed by atoms with Crippen molar-refractivity contribution >= 4 is 23.0 Å². The first-order valence-electron chi connectivity index (χ1n) is 11.9. The molecule has 12 heteroatoms. The first-order valence-corrected chi connectivity index (χ1v) is 11.9. The molecule has 2 heterocycles. The van der Waals surface area contributed by atoms with Crippen LogP contribution in [0.3, 0.4) is 0 Å². The first kappa shape index (κ1) is 27.2. The van der Waals surface area contributed by atoms with Crippen LogP contribution in [0.4, 0.5) is 24.5 Å². The van der Waals surface area contributed by atoms with E-state index >= 15 is 0 Å². The number of aliphatic hydroxyl groups excluding tert-OH is 1. The quantitative estimate of drug-likeness (QED) is 0.332. The minimum absolute atomic E-state index is 0.0255. The Hall–Kier alpha value is -3.87. The predicted molar refractivity (Wildman–Crippen MR) is 139 cm³/mol. The fourth-order valence-corrected chi connectivity index (χ4v) is 4.17. The van der Waals surface area contributed by atoms with Crippen molar-refractivity contribution in [3.8, 4) is 0 Å². The minimum Gasteiger partial charge on any atom is -0.395 e. The van der Waals surface area contributed by atoms with Crippen molar-refractivity contribution in [3.63, 3.8) is 0 Å².